The molecule has 16 heavy (non-hydrogen) atoms. The summed E-state index contributed by atoms with van der Waals surface area (Å²) < 4.78 is 15.2. The highest BCUT2D eigenvalue weighted by Gasteiger charge is 2.19. The molecule has 1 aromatic carbocycles. The van der Waals surface area contributed by atoms with Crippen LogP contribution in [0.2, 0.25) is 0 Å². The highest BCUT2D eigenvalue weighted by Crippen LogP contribution is 2.39. The average Bonchev–Trinajstić information content (AvgIpc) is 2.92. The Bertz CT molecular complexity index is 573. The molecule has 0 bridgehead atoms. The SMILES string of the molecule is COC(=O)c1cc2c3c(ccc2[nH]1)OCO3. The predicted octanol–water partition coefficient (Wildman–Crippen LogP) is 1.68. The molecule has 0 saturated heterocycles. The van der Waals surface area contributed by atoms with Crippen LogP contribution in [0.4, 0.5) is 0 Å². The third kappa shape index (κ3) is 1.14. The highest BCUT2D eigenvalue weighted by molar-refractivity contribution is 5.98. The third-order valence-corrected chi connectivity index (χ3v) is 2.54. The smallest absolute Gasteiger partial charge is 0.354 e. The lowest BCUT2D eigenvalue weighted by Gasteiger charge is -1.95. The van der Waals surface area contributed by atoms with Gasteiger partial charge in [-0.25, -0.2) is 4.79 Å². The van der Waals surface area contributed by atoms with E-state index in [1.54, 1.807) is 6.07 Å². The van der Waals surface area contributed by atoms with Gasteiger partial charge in [0.05, 0.1) is 12.6 Å². The number of aromatic amines is 1. The lowest BCUT2D eigenvalue weighted by Crippen LogP contribution is -2.00. The number of ether oxygens (including phenoxy) is 3. The van der Waals surface area contributed by atoms with Gasteiger partial charge in [0.25, 0.3) is 0 Å². The summed E-state index contributed by atoms with van der Waals surface area (Å²) in [6.45, 7) is 0.215. The fourth-order valence-corrected chi connectivity index (χ4v) is 1.79. The van der Waals surface area contributed by atoms with Crippen LogP contribution >= 0.6 is 0 Å². The van der Waals surface area contributed by atoms with E-state index in [1.165, 1.54) is 7.11 Å². The fraction of sp³-hybridized carbons (Fsp3) is 0.182. The molecule has 2 heterocycles. The van der Waals surface area contributed by atoms with E-state index in [0.717, 1.165) is 10.9 Å². The molecule has 0 radical (unpaired) electrons. The number of aromatic nitrogens is 1. The normalized spacial score (nSPS) is 13.1. The number of fused-ring (bicyclic) bond motifs is 3. The van der Waals surface area contributed by atoms with Crippen molar-refractivity contribution in [1.29, 1.82) is 0 Å². The number of hydrogen-bond acceptors (Lipinski definition) is 4. The van der Waals surface area contributed by atoms with Gasteiger partial charge in [0.15, 0.2) is 11.5 Å². The largest absolute Gasteiger partial charge is 0.464 e. The maximum absolute atomic E-state index is 11.4. The van der Waals surface area contributed by atoms with Crippen LogP contribution in [-0.4, -0.2) is 24.9 Å². The molecule has 5 heteroatoms. The van der Waals surface area contributed by atoms with Gasteiger partial charge in [-0.2, -0.15) is 0 Å². The third-order valence-electron chi connectivity index (χ3n) is 2.54. The second-order valence-electron chi connectivity index (χ2n) is 3.44. The van der Waals surface area contributed by atoms with Crippen LogP contribution in [0.15, 0.2) is 18.2 Å². The van der Waals surface area contributed by atoms with Crippen molar-refractivity contribution in [3.05, 3.63) is 23.9 Å². The van der Waals surface area contributed by atoms with Gasteiger partial charge < -0.3 is 19.2 Å². The molecule has 0 saturated carbocycles. The van der Waals surface area contributed by atoms with E-state index in [1.807, 2.05) is 12.1 Å². The Kier molecular flexibility index (Phi) is 1.80. The van der Waals surface area contributed by atoms with Gasteiger partial charge in [-0.15, -0.1) is 0 Å². The molecule has 82 valence electrons. The fourth-order valence-electron chi connectivity index (χ4n) is 1.79. The van der Waals surface area contributed by atoms with Gasteiger partial charge >= 0.3 is 5.97 Å². The summed E-state index contributed by atoms with van der Waals surface area (Å²) in [4.78, 5) is 14.3. The number of H-pyrrole nitrogens is 1. The van der Waals surface area contributed by atoms with Crippen LogP contribution in [0.5, 0.6) is 11.5 Å². The first kappa shape index (κ1) is 9.08. The minimum atomic E-state index is -0.399. The zero-order chi connectivity index (χ0) is 11.1. The van der Waals surface area contributed by atoms with Crippen molar-refractivity contribution in [2.75, 3.05) is 13.9 Å². The molecule has 1 aromatic heterocycles. The zero-order valence-electron chi connectivity index (χ0n) is 8.57. The quantitative estimate of drug-likeness (QED) is 0.741. The molecular formula is C11H9NO4. The summed E-state index contributed by atoms with van der Waals surface area (Å²) in [6.07, 6.45) is 0. The number of esters is 1. The van der Waals surface area contributed by atoms with E-state index in [-0.39, 0.29) is 6.79 Å². The number of carbonyl (C=O) groups excluding carboxylic acids is 1. The molecule has 1 aliphatic rings. The topological polar surface area (TPSA) is 60.6 Å². The summed E-state index contributed by atoms with van der Waals surface area (Å²) in [5, 5.41) is 0.829. The molecule has 3 rings (SSSR count). The first-order valence-corrected chi connectivity index (χ1v) is 4.79. The second kappa shape index (κ2) is 3.16. The molecule has 0 unspecified atom stereocenters. The van der Waals surface area contributed by atoms with Crippen LogP contribution < -0.4 is 9.47 Å². The van der Waals surface area contributed by atoms with Crippen LogP contribution in [-0.2, 0) is 4.74 Å². The zero-order valence-corrected chi connectivity index (χ0v) is 8.57. The van der Waals surface area contributed by atoms with Gasteiger partial charge in [0, 0.05) is 5.39 Å². The van der Waals surface area contributed by atoms with E-state index < -0.39 is 5.97 Å². The number of hydrogen-bond donors (Lipinski definition) is 1. The van der Waals surface area contributed by atoms with Gasteiger partial charge in [0.2, 0.25) is 6.79 Å². The highest BCUT2D eigenvalue weighted by atomic mass is 16.7. The van der Waals surface area contributed by atoms with Crippen LogP contribution in [0.3, 0.4) is 0 Å². The molecule has 1 aliphatic heterocycles. The minimum absolute atomic E-state index is 0.215. The van der Waals surface area contributed by atoms with E-state index >= 15 is 0 Å². The number of nitrogens with one attached hydrogen (secondary N) is 1. The van der Waals surface area contributed by atoms with Crippen molar-refractivity contribution < 1.29 is 19.0 Å². The Labute approximate surface area is 90.9 Å². The molecule has 2 aromatic rings. The standard InChI is InChI=1S/C11H9NO4/c1-14-11(13)8-4-6-7(12-8)2-3-9-10(6)16-5-15-9/h2-4,12H,5H2,1H3. The van der Waals surface area contributed by atoms with Gasteiger partial charge in [-0.3, -0.25) is 0 Å². The first-order chi connectivity index (χ1) is 7.79. The van der Waals surface area contributed by atoms with Crippen molar-refractivity contribution in [2.45, 2.75) is 0 Å². The lowest BCUT2D eigenvalue weighted by atomic mass is 10.2. The summed E-state index contributed by atoms with van der Waals surface area (Å²) in [5.74, 6) is 0.968. The molecule has 0 fully saturated rings. The number of carbonyl (C=O) groups is 1. The van der Waals surface area contributed by atoms with Crippen molar-refractivity contribution in [2.24, 2.45) is 0 Å². The number of rotatable bonds is 1. The maximum Gasteiger partial charge on any atom is 0.354 e. The molecule has 5 nitrogen and oxygen atoms in total. The Morgan fingerprint density at radius 2 is 2.31 bits per heavy atom. The van der Waals surface area contributed by atoms with Crippen LogP contribution in [0.1, 0.15) is 10.5 Å². The van der Waals surface area contributed by atoms with Crippen molar-refractivity contribution in [1.82, 2.24) is 4.98 Å². The summed E-state index contributed by atoms with van der Waals surface area (Å²) in [5.41, 5.74) is 1.23. The maximum atomic E-state index is 11.4. The first-order valence-electron chi connectivity index (χ1n) is 4.79. The van der Waals surface area contributed by atoms with E-state index in [9.17, 15) is 4.79 Å². The van der Waals surface area contributed by atoms with Gasteiger partial charge in [-0.1, -0.05) is 0 Å². The summed E-state index contributed by atoms with van der Waals surface area (Å²) in [7, 11) is 1.35. The second-order valence-corrected chi connectivity index (χ2v) is 3.44. The molecule has 0 aliphatic carbocycles. The van der Waals surface area contributed by atoms with Crippen LogP contribution in [0.25, 0.3) is 10.9 Å². The molecule has 1 N–H and O–H groups in total. The number of methoxy groups -OCH3 is 1. The van der Waals surface area contributed by atoms with E-state index in [2.05, 4.69) is 9.72 Å². The minimum Gasteiger partial charge on any atom is -0.464 e. The Hall–Kier alpha value is -2.17. The monoisotopic (exact) mass is 219 g/mol. The molecule has 0 amide bonds. The van der Waals surface area contributed by atoms with Crippen molar-refractivity contribution in [3.8, 4) is 11.5 Å². The molecular weight excluding hydrogens is 210 g/mol. The predicted molar refractivity (Wildman–Crippen MR) is 55.8 cm³/mol. The Balaban J connectivity index is 2.21. The van der Waals surface area contributed by atoms with E-state index in [4.69, 9.17) is 9.47 Å². The Morgan fingerprint density at radius 3 is 3.12 bits per heavy atom. The van der Waals surface area contributed by atoms with Crippen molar-refractivity contribution >= 4 is 16.9 Å². The molecule has 0 atom stereocenters. The summed E-state index contributed by atoms with van der Waals surface area (Å²) in [6, 6.07) is 5.35. The Morgan fingerprint density at radius 1 is 1.44 bits per heavy atom. The summed E-state index contributed by atoms with van der Waals surface area (Å²) >= 11 is 0. The van der Waals surface area contributed by atoms with Gasteiger partial charge in [-0.05, 0) is 18.2 Å². The van der Waals surface area contributed by atoms with E-state index in [0.29, 0.717) is 17.2 Å². The molecule has 0 spiro atoms. The van der Waals surface area contributed by atoms with Crippen molar-refractivity contribution in [3.63, 3.8) is 0 Å². The van der Waals surface area contributed by atoms with Crippen LogP contribution in [0, 0.1) is 0 Å². The average molecular weight is 219 g/mol. The van der Waals surface area contributed by atoms with Gasteiger partial charge in [0.1, 0.15) is 5.69 Å². The lowest BCUT2D eigenvalue weighted by molar-refractivity contribution is 0.0595. The number of benzene rings is 1.